The summed E-state index contributed by atoms with van der Waals surface area (Å²) in [5.74, 6) is 0.945. The van der Waals surface area contributed by atoms with Crippen molar-refractivity contribution in [2.75, 3.05) is 18.4 Å². The lowest BCUT2D eigenvalue weighted by Crippen LogP contribution is -2.32. The van der Waals surface area contributed by atoms with Crippen molar-refractivity contribution in [3.8, 4) is 0 Å². The predicted molar refractivity (Wildman–Crippen MR) is 79.9 cm³/mol. The largest absolute Gasteiger partial charge is 0.369 e. The lowest BCUT2D eigenvalue weighted by molar-refractivity contribution is 0.468. The predicted octanol–water partition coefficient (Wildman–Crippen LogP) is 3.57. The Kier molecular flexibility index (Phi) is 5.94. The molecule has 1 aromatic rings. The molecule has 1 aromatic heterocycles. The molecular weight excluding hydrogens is 290 g/mol. The molecule has 0 aromatic carbocycles. The van der Waals surface area contributed by atoms with E-state index in [0.717, 1.165) is 29.4 Å². The molecule has 0 amide bonds. The monoisotopic (exact) mass is 311 g/mol. The van der Waals surface area contributed by atoms with Gasteiger partial charge in [0.15, 0.2) is 0 Å². The van der Waals surface area contributed by atoms with Gasteiger partial charge >= 0.3 is 0 Å². The molecule has 0 unspecified atom stereocenters. The maximum Gasteiger partial charge on any atom is 0.126 e. The maximum absolute atomic E-state index is 4.29. The zero-order valence-electron chi connectivity index (χ0n) is 10.8. The second-order valence-corrected chi connectivity index (χ2v) is 5.85. The SMILES string of the molecule is Brc1ccc(NCCNC2CCCCCC2)nc1. The Balaban J connectivity index is 1.61. The van der Waals surface area contributed by atoms with Crippen LogP contribution in [0, 0.1) is 0 Å². The minimum atomic E-state index is 0.729. The van der Waals surface area contributed by atoms with E-state index in [9.17, 15) is 0 Å². The first-order valence-electron chi connectivity index (χ1n) is 6.93. The molecule has 4 heteroatoms. The first-order chi connectivity index (χ1) is 8.84. The minimum Gasteiger partial charge on any atom is -0.369 e. The summed E-state index contributed by atoms with van der Waals surface area (Å²) in [5.41, 5.74) is 0. The Morgan fingerprint density at radius 2 is 1.89 bits per heavy atom. The summed E-state index contributed by atoms with van der Waals surface area (Å²) in [6.07, 6.45) is 10.1. The Hall–Kier alpha value is -0.610. The molecule has 100 valence electrons. The zero-order chi connectivity index (χ0) is 12.6. The lowest BCUT2D eigenvalue weighted by Gasteiger charge is -2.16. The number of pyridine rings is 1. The molecule has 1 aliphatic carbocycles. The fraction of sp³-hybridized carbons (Fsp3) is 0.643. The van der Waals surface area contributed by atoms with E-state index in [-0.39, 0.29) is 0 Å². The quantitative estimate of drug-likeness (QED) is 0.645. The summed E-state index contributed by atoms with van der Waals surface area (Å²) >= 11 is 3.38. The Morgan fingerprint density at radius 3 is 2.56 bits per heavy atom. The summed E-state index contributed by atoms with van der Waals surface area (Å²) < 4.78 is 1.02. The van der Waals surface area contributed by atoms with Crippen LogP contribution in [0.15, 0.2) is 22.8 Å². The van der Waals surface area contributed by atoms with Crippen molar-refractivity contribution in [3.63, 3.8) is 0 Å². The van der Waals surface area contributed by atoms with Crippen molar-refractivity contribution in [2.45, 2.75) is 44.6 Å². The molecule has 1 fully saturated rings. The van der Waals surface area contributed by atoms with Crippen molar-refractivity contribution in [3.05, 3.63) is 22.8 Å². The van der Waals surface area contributed by atoms with Crippen LogP contribution in [0.5, 0.6) is 0 Å². The molecule has 1 heterocycles. The number of aromatic nitrogens is 1. The highest BCUT2D eigenvalue weighted by molar-refractivity contribution is 9.10. The molecule has 1 aliphatic rings. The Morgan fingerprint density at radius 1 is 1.11 bits per heavy atom. The van der Waals surface area contributed by atoms with Crippen molar-refractivity contribution < 1.29 is 0 Å². The maximum atomic E-state index is 4.29. The minimum absolute atomic E-state index is 0.729. The number of halogens is 1. The number of nitrogens with zero attached hydrogens (tertiary/aromatic N) is 1. The van der Waals surface area contributed by atoms with Gasteiger partial charge < -0.3 is 10.6 Å². The van der Waals surface area contributed by atoms with E-state index >= 15 is 0 Å². The van der Waals surface area contributed by atoms with Gasteiger partial charge in [-0.3, -0.25) is 0 Å². The first kappa shape index (κ1) is 13.8. The Labute approximate surface area is 118 Å². The van der Waals surface area contributed by atoms with Crippen molar-refractivity contribution in [2.24, 2.45) is 0 Å². The highest BCUT2D eigenvalue weighted by Gasteiger charge is 2.10. The standard InChI is InChI=1S/C14H22BrN3/c15-12-7-8-14(18-11-12)17-10-9-16-13-5-3-1-2-4-6-13/h7-8,11,13,16H,1-6,9-10H2,(H,17,18). The van der Waals surface area contributed by atoms with Gasteiger partial charge in [-0.1, -0.05) is 25.7 Å². The highest BCUT2D eigenvalue weighted by atomic mass is 79.9. The summed E-state index contributed by atoms with van der Waals surface area (Å²) in [6, 6.07) is 4.73. The molecule has 0 saturated heterocycles. The van der Waals surface area contributed by atoms with Crippen molar-refractivity contribution in [1.29, 1.82) is 0 Å². The fourth-order valence-electron chi connectivity index (χ4n) is 2.43. The topological polar surface area (TPSA) is 37.0 Å². The van der Waals surface area contributed by atoms with E-state index in [2.05, 4.69) is 31.5 Å². The van der Waals surface area contributed by atoms with Crippen molar-refractivity contribution >= 4 is 21.7 Å². The van der Waals surface area contributed by atoms with Crippen LogP contribution >= 0.6 is 15.9 Å². The van der Waals surface area contributed by atoms with Gasteiger partial charge in [-0.25, -0.2) is 4.98 Å². The molecule has 0 bridgehead atoms. The summed E-state index contributed by atoms with van der Waals surface area (Å²) in [5, 5.41) is 6.98. The van der Waals surface area contributed by atoms with Gasteiger partial charge in [0.1, 0.15) is 5.82 Å². The summed E-state index contributed by atoms with van der Waals surface area (Å²) in [6.45, 7) is 1.95. The second-order valence-electron chi connectivity index (χ2n) is 4.93. The summed E-state index contributed by atoms with van der Waals surface area (Å²) in [7, 11) is 0. The van der Waals surface area contributed by atoms with Gasteiger partial charge in [-0.15, -0.1) is 0 Å². The molecule has 3 nitrogen and oxygen atoms in total. The molecule has 1 saturated carbocycles. The molecule has 18 heavy (non-hydrogen) atoms. The van der Waals surface area contributed by atoms with E-state index in [4.69, 9.17) is 0 Å². The number of hydrogen-bond donors (Lipinski definition) is 2. The average molecular weight is 312 g/mol. The van der Waals surface area contributed by atoms with Gasteiger partial charge in [-0.2, -0.15) is 0 Å². The molecule has 0 radical (unpaired) electrons. The van der Waals surface area contributed by atoms with Crippen LogP contribution in [0.3, 0.4) is 0 Å². The van der Waals surface area contributed by atoms with Crippen LogP contribution in [-0.2, 0) is 0 Å². The third kappa shape index (κ3) is 4.94. The van der Waals surface area contributed by atoms with Crippen LogP contribution in [0.4, 0.5) is 5.82 Å². The van der Waals surface area contributed by atoms with Crippen LogP contribution in [0.1, 0.15) is 38.5 Å². The van der Waals surface area contributed by atoms with E-state index in [1.165, 1.54) is 38.5 Å². The van der Waals surface area contributed by atoms with Crippen LogP contribution in [0.2, 0.25) is 0 Å². The number of hydrogen-bond acceptors (Lipinski definition) is 3. The Bertz CT molecular complexity index is 331. The summed E-state index contributed by atoms with van der Waals surface area (Å²) in [4.78, 5) is 4.29. The van der Waals surface area contributed by atoms with E-state index in [1.54, 1.807) is 0 Å². The number of rotatable bonds is 5. The smallest absolute Gasteiger partial charge is 0.126 e. The normalized spacial score (nSPS) is 17.4. The van der Waals surface area contributed by atoms with Crippen molar-refractivity contribution in [1.82, 2.24) is 10.3 Å². The lowest BCUT2D eigenvalue weighted by atomic mass is 10.1. The molecule has 0 atom stereocenters. The van der Waals surface area contributed by atoms with Gasteiger partial charge in [-0.05, 0) is 40.9 Å². The second kappa shape index (κ2) is 7.74. The van der Waals surface area contributed by atoms with Crippen LogP contribution in [-0.4, -0.2) is 24.1 Å². The third-order valence-corrected chi connectivity index (χ3v) is 3.92. The van der Waals surface area contributed by atoms with Gasteiger partial charge in [0.05, 0.1) is 0 Å². The molecule has 0 spiro atoms. The van der Waals surface area contributed by atoms with Crippen LogP contribution in [0.25, 0.3) is 0 Å². The number of nitrogens with one attached hydrogen (secondary N) is 2. The highest BCUT2D eigenvalue weighted by Crippen LogP contribution is 2.16. The van der Waals surface area contributed by atoms with E-state index < -0.39 is 0 Å². The van der Waals surface area contributed by atoms with Gasteiger partial charge in [0.25, 0.3) is 0 Å². The van der Waals surface area contributed by atoms with E-state index in [1.807, 2.05) is 18.3 Å². The van der Waals surface area contributed by atoms with Gasteiger partial charge in [0, 0.05) is 29.8 Å². The zero-order valence-corrected chi connectivity index (χ0v) is 12.4. The van der Waals surface area contributed by atoms with E-state index in [0.29, 0.717) is 0 Å². The molecule has 0 aliphatic heterocycles. The van der Waals surface area contributed by atoms with Crippen LogP contribution < -0.4 is 10.6 Å². The molecular formula is C14H22BrN3. The van der Waals surface area contributed by atoms with Gasteiger partial charge in [0.2, 0.25) is 0 Å². The average Bonchev–Trinajstić information content (AvgIpc) is 2.65. The molecule has 2 N–H and O–H groups in total. The number of anilines is 1. The molecule has 2 rings (SSSR count). The third-order valence-electron chi connectivity index (χ3n) is 3.45. The fourth-order valence-corrected chi connectivity index (χ4v) is 2.67. The first-order valence-corrected chi connectivity index (χ1v) is 7.73.